The topological polar surface area (TPSA) is 26.3 Å². The van der Waals surface area contributed by atoms with Gasteiger partial charge in [0.15, 0.2) is 0 Å². The standard InChI is InChI=1S/C22H42O2S/c1-5-7-9-11-13-15-17-20(18-16-14-12-10-8-6-2)24-21(23)19-22(3,4)25/h9,11,20,25H,5-8,10,12-19H2,1-4H3. The number of hydrogen-bond donors (Lipinski definition) is 1. The summed E-state index contributed by atoms with van der Waals surface area (Å²) in [5, 5.41) is 0. The van der Waals surface area contributed by atoms with Gasteiger partial charge in [0.25, 0.3) is 0 Å². The van der Waals surface area contributed by atoms with Gasteiger partial charge in [-0.2, -0.15) is 12.6 Å². The second-order valence-corrected chi connectivity index (χ2v) is 9.06. The lowest BCUT2D eigenvalue weighted by molar-refractivity contribution is -0.150. The maximum absolute atomic E-state index is 12.1. The zero-order valence-electron chi connectivity index (χ0n) is 17.2. The van der Waals surface area contributed by atoms with Crippen molar-refractivity contribution in [2.45, 2.75) is 122 Å². The first-order valence-corrected chi connectivity index (χ1v) is 10.9. The zero-order valence-corrected chi connectivity index (χ0v) is 18.1. The van der Waals surface area contributed by atoms with Crippen molar-refractivity contribution in [2.75, 3.05) is 0 Å². The normalized spacial score (nSPS) is 13.3. The van der Waals surface area contributed by atoms with E-state index in [9.17, 15) is 4.79 Å². The van der Waals surface area contributed by atoms with Crippen molar-refractivity contribution in [1.29, 1.82) is 0 Å². The Morgan fingerprint density at radius 1 is 0.920 bits per heavy atom. The van der Waals surface area contributed by atoms with Crippen molar-refractivity contribution in [2.24, 2.45) is 0 Å². The second-order valence-electron chi connectivity index (χ2n) is 7.85. The molecule has 0 rings (SSSR count). The zero-order chi connectivity index (χ0) is 19.0. The first-order chi connectivity index (χ1) is 11.9. The number of hydrogen-bond acceptors (Lipinski definition) is 3. The van der Waals surface area contributed by atoms with E-state index in [0.717, 1.165) is 38.5 Å². The van der Waals surface area contributed by atoms with Gasteiger partial charge in [-0.05, 0) is 38.5 Å². The second kappa shape index (κ2) is 15.8. The molecule has 1 atom stereocenters. The van der Waals surface area contributed by atoms with Gasteiger partial charge < -0.3 is 4.74 Å². The number of carbonyl (C=O) groups excluding carboxylic acids is 1. The van der Waals surface area contributed by atoms with Crippen molar-refractivity contribution >= 4 is 18.6 Å². The molecule has 0 spiro atoms. The van der Waals surface area contributed by atoms with Crippen LogP contribution in [0.3, 0.4) is 0 Å². The van der Waals surface area contributed by atoms with Crippen LogP contribution in [0.25, 0.3) is 0 Å². The van der Waals surface area contributed by atoms with Gasteiger partial charge >= 0.3 is 5.97 Å². The van der Waals surface area contributed by atoms with Gasteiger partial charge in [0.1, 0.15) is 6.10 Å². The van der Waals surface area contributed by atoms with E-state index in [1.807, 2.05) is 13.8 Å². The molecule has 0 bridgehead atoms. The van der Waals surface area contributed by atoms with E-state index in [2.05, 4.69) is 38.6 Å². The molecular weight excluding hydrogens is 328 g/mol. The van der Waals surface area contributed by atoms with Crippen molar-refractivity contribution in [3.63, 3.8) is 0 Å². The fraction of sp³-hybridized carbons (Fsp3) is 0.864. The van der Waals surface area contributed by atoms with E-state index in [1.54, 1.807) is 0 Å². The summed E-state index contributed by atoms with van der Waals surface area (Å²) in [6, 6.07) is 0. The largest absolute Gasteiger partial charge is 0.462 e. The maximum atomic E-state index is 12.1. The minimum absolute atomic E-state index is 0.0777. The Morgan fingerprint density at radius 3 is 2.16 bits per heavy atom. The van der Waals surface area contributed by atoms with Gasteiger partial charge in [-0.15, -0.1) is 0 Å². The van der Waals surface area contributed by atoms with Crippen LogP contribution in [0.4, 0.5) is 0 Å². The van der Waals surface area contributed by atoms with E-state index >= 15 is 0 Å². The fourth-order valence-electron chi connectivity index (χ4n) is 2.86. The molecule has 0 aliphatic heterocycles. The third-order valence-electron chi connectivity index (χ3n) is 4.27. The molecule has 148 valence electrons. The average Bonchev–Trinajstić information content (AvgIpc) is 2.51. The predicted octanol–water partition coefficient (Wildman–Crippen LogP) is 7.27. The molecule has 0 saturated carbocycles. The summed E-state index contributed by atoms with van der Waals surface area (Å²) in [6.07, 6.45) is 19.2. The summed E-state index contributed by atoms with van der Waals surface area (Å²) in [7, 11) is 0. The summed E-state index contributed by atoms with van der Waals surface area (Å²) < 4.78 is 5.47. The third-order valence-corrected chi connectivity index (χ3v) is 4.43. The number of esters is 1. The van der Waals surface area contributed by atoms with E-state index in [1.165, 1.54) is 38.5 Å². The van der Waals surface area contributed by atoms with Crippen molar-refractivity contribution in [3.05, 3.63) is 12.2 Å². The Morgan fingerprint density at radius 2 is 1.52 bits per heavy atom. The number of carbonyl (C=O) groups is 1. The maximum Gasteiger partial charge on any atom is 0.307 e. The highest BCUT2D eigenvalue weighted by Gasteiger charge is 2.21. The van der Waals surface area contributed by atoms with Gasteiger partial charge in [-0.1, -0.05) is 78.4 Å². The Bertz CT molecular complexity index is 344. The van der Waals surface area contributed by atoms with Gasteiger partial charge in [0.05, 0.1) is 6.42 Å². The van der Waals surface area contributed by atoms with E-state index in [4.69, 9.17) is 4.74 Å². The molecule has 0 N–H and O–H groups in total. The lowest BCUT2D eigenvalue weighted by atomic mass is 10.0. The third kappa shape index (κ3) is 18.2. The fourth-order valence-corrected chi connectivity index (χ4v) is 2.99. The molecule has 2 nitrogen and oxygen atoms in total. The number of ether oxygens (including phenoxy) is 1. The molecule has 0 fully saturated rings. The highest BCUT2D eigenvalue weighted by molar-refractivity contribution is 7.81. The quantitative estimate of drug-likeness (QED) is 0.134. The van der Waals surface area contributed by atoms with Crippen LogP contribution in [-0.4, -0.2) is 16.8 Å². The van der Waals surface area contributed by atoms with Crippen molar-refractivity contribution in [1.82, 2.24) is 0 Å². The predicted molar refractivity (Wildman–Crippen MR) is 113 cm³/mol. The highest BCUT2D eigenvalue weighted by atomic mass is 32.1. The molecule has 0 saturated heterocycles. The number of allylic oxidation sites excluding steroid dienone is 2. The van der Waals surface area contributed by atoms with Crippen LogP contribution in [0.15, 0.2) is 12.2 Å². The molecule has 0 heterocycles. The molecule has 0 amide bonds. The Hall–Kier alpha value is -0.440. The van der Waals surface area contributed by atoms with Gasteiger partial charge in [-0.25, -0.2) is 0 Å². The van der Waals surface area contributed by atoms with E-state index < -0.39 is 0 Å². The van der Waals surface area contributed by atoms with Crippen LogP contribution < -0.4 is 0 Å². The smallest absolute Gasteiger partial charge is 0.307 e. The molecule has 0 aliphatic rings. The van der Waals surface area contributed by atoms with Crippen LogP contribution in [0.2, 0.25) is 0 Å². The Balaban J connectivity index is 4.18. The van der Waals surface area contributed by atoms with E-state index in [0.29, 0.717) is 6.42 Å². The van der Waals surface area contributed by atoms with Crippen LogP contribution in [0.5, 0.6) is 0 Å². The highest BCUT2D eigenvalue weighted by Crippen LogP contribution is 2.21. The first kappa shape index (κ1) is 24.6. The van der Waals surface area contributed by atoms with Crippen LogP contribution in [0.1, 0.15) is 111 Å². The average molecular weight is 371 g/mol. The lowest BCUT2D eigenvalue weighted by Crippen LogP contribution is -2.24. The minimum Gasteiger partial charge on any atom is -0.462 e. The molecule has 0 aliphatic carbocycles. The Labute approximate surface area is 162 Å². The first-order valence-electron chi connectivity index (χ1n) is 10.5. The molecule has 0 aromatic rings. The van der Waals surface area contributed by atoms with Gasteiger partial charge in [0.2, 0.25) is 0 Å². The summed E-state index contributed by atoms with van der Waals surface area (Å²) in [4.78, 5) is 12.1. The SMILES string of the molecule is CCCC=CCCCC(CCCCCCCC)OC(=O)CC(C)(C)S. The number of unbranched alkanes of at least 4 members (excludes halogenated alkanes) is 7. The van der Waals surface area contributed by atoms with Gasteiger partial charge in [-0.3, -0.25) is 4.79 Å². The molecule has 3 heteroatoms. The van der Waals surface area contributed by atoms with Gasteiger partial charge in [0, 0.05) is 4.75 Å². The summed E-state index contributed by atoms with van der Waals surface area (Å²) >= 11 is 4.44. The molecule has 0 aromatic carbocycles. The van der Waals surface area contributed by atoms with Crippen molar-refractivity contribution in [3.8, 4) is 0 Å². The van der Waals surface area contributed by atoms with E-state index in [-0.39, 0.29) is 16.8 Å². The Kier molecular flexibility index (Phi) is 15.5. The molecular formula is C22H42O2S. The molecule has 0 aromatic heterocycles. The van der Waals surface area contributed by atoms with Crippen molar-refractivity contribution < 1.29 is 9.53 Å². The molecule has 1 unspecified atom stereocenters. The summed E-state index contributed by atoms with van der Waals surface area (Å²) in [5.74, 6) is -0.0995. The summed E-state index contributed by atoms with van der Waals surface area (Å²) in [5.41, 5.74) is 0. The number of rotatable bonds is 16. The summed E-state index contributed by atoms with van der Waals surface area (Å²) in [6.45, 7) is 8.36. The monoisotopic (exact) mass is 370 g/mol. The molecule has 0 radical (unpaired) electrons. The van der Waals surface area contributed by atoms with Crippen LogP contribution in [0, 0.1) is 0 Å². The number of thiol groups is 1. The van der Waals surface area contributed by atoms with Crippen LogP contribution >= 0.6 is 12.6 Å². The van der Waals surface area contributed by atoms with Crippen LogP contribution in [-0.2, 0) is 9.53 Å². The minimum atomic E-state index is -0.301. The lowest BCUT2D eigenvalue weighted by Gasteiger charge is -2.21. The molecule has 25 heavy (non-hydrogen) atoms.